The first-order valence-corrected chi connectivity index (χ1v) is 5.49. The second kappa shape index (κ2) is 3.61. The van der Waals surface area contributed by atoms with Gasteiger partial charge in [0.2, 0.25) is 0 Å². The molecular formula is C13H19BO2. The van der Waals surface area contributed by atoms with Crippen molar-refractivity contribution in [2.75, 3.05) is 0 Å². The number of hydrogen-bond acceptors (Lipinski definition) is 2. The van der Waals surface area contributed by atoms with Gasteiger partial charge in [-0.1, -0.05) is 29.8 Å². The molecule has 0 atom stereocenters. The minimum absolute atomic E-state index is 0.327. The minimum atomic E-state index is -2.07. The Hall–Kier alpha value is -0.795. The molecule has 1 heterocycles. The van der Waals surface area contributed by atoms with Gasteiger partial charge in [-0.3, -0.25) is 0 Å². The molecule has 0 radical (unpaired) electrons. The normalized spacial score (nSPS) is 26.0. The Morgan fingerprint density at radius 1 is 1.00 bits per heavy atom. The van der Waals surface area contributed by atoms with Crippen molar-refractivity contribution in [3.05, 3.63) is 29.8 Å². The maximum atomic E-state index is 7.35. The first kappa shape index (κ1) is 8.32. The standard InChI is InChI=1S/C13H19BO2/c1-10-6-8-11(9-7-10)14-15-12(2,3)13(4,5)16-14/h6-9H,1-5H3/i1D3. The topological polar surface area (TPSA) is 18.5 Å². The zero-order valence-electron chi connectivity index (χ0n) is 13.2. The predicted octanol–water partition coefficient (Wildman–Crippen LogP) is 2.29. The summed E-state index contributed by atoms with van der Waals surface area (Å²) in [5.41, 5.74) is 0.389. The van der Waals surface area contributed by atoms with Gasteiger partial charge < -0.3 is 9.31 Å². The van der Waals surface area contributed by atoms with Crippen LogP contribution in [0.5, 0.6) is 0 Å². The number of rotatable bonds is 1. The van der Waals surface area contributed by atoms with Crippen LogP contribution < -0.4 is 5.46 Å². The number of benzene rings is 1. The van der Waals surface area contributed by atoms with E-state index in [1.807, 2.05) is 27.7 Å². The molecular weight excluding hydrogens is 199 g/mol. The molecule has 0 unspecified atom stereocenters. The third-order valence-corrected chi connectivity index (χ3v) is 3.44. The highest BCUT2D eigenvalue weighted by Gasteiger charge is 2.51. The largest absolute Gasteiger partial charge is 0.494 e. The van der Waals surface area contributed by atoms with Crippen LogP contribution in [0, 0.1) is 6.85 Å². The van der Waals surface area contributed by atoms with Crippen LogP contribution in [0.1, 0.15) is 37.4 Å². The summed E-state index contributed by atoms with van der Waals surface area (Å²) in [6.45, 7) is 5.88. The van der Waals surface area contributed by atoms with E-state index in [9.17, 15) is 0 Å². The van der Waals surface area contributed by atoms with E-state index in [0.29, 0.717) is 5.56 Å². The van der Waals surface area contributed by atoms with Gasteiger partial charge >= 0.3 is 7.12 Å². The molecule has 0 saturated carbocycles. The third-order valence-electron chi connectivity index (χ3n) is 3.44. The van der Waals surface area contributed by atoms with Crippen LogP contribution in [-0.2, 0) is 9.31 Å². The zero-order chi connectivity index (χ0) is 14.5. The smallest absolute Gasteiger partial charge is 0.399 e. The van der Waals surface area contributed by atoms with Gasteiger partial charge in [0, 0.05) is 4.11 Å². The Morgan fingerprint density at radius 2 is 1.50 bits per heavy atom. The molecule has 1 fully saturated rings. The lowest BCUT2D eigenvalue weighted by Crippen LogP contribution is -2.41. The molecule has 2 rings (SSSR count). The van der Waals surface area contributed by atoms with E-state index in [1.54, 1.807) is 24.3 Å². The quantitative estimate of drug-likeness (QED) is 0.677. The molecule has 1 aliphatic rings. The molecule has 0 spiro atoms. The lowest BCUT2D eigenvalue weighted by Gasteiger charge is -2.32. The van der Waals surface area contributed by atoms with Crippen LogP contribution >= 0.6 is 0 Å². The molecule has 1 aliphatic heterocycles. The lowest BCUT2D eigenvalue weighted by molar-refractivity contribution is 0.00578. The van der Waals surface area contributed by atoms with Gasteiger partial charge in [0.25, 0.3) is 0 Å². The Morgan fingerprint density at radius 3 is 1.94 bits per heavy atom. The summed E-state index contributed by atoms with van der Waals surface area (Å²) in [6.07, 6.45) is 0. The molecule has 1 saturated heterocycles. The Balaban J connectivity index is 2.22. The second-order valence-corrected chi connectivity index (χ2v) is 5.21. The summed E-state index contributed by atoms with van der Waals surface area (Å²) in [4.78, 5) is 0. The van der Waals surface area contributed by atoms with E-state index in [0.717, 1.165) is 5.46 Å². The van der Waals surface area contributed by atoms with Crippen molar-refractivity contribution in [1.29, 1.82) is 0 Å². The van der Waals surface area contributed by atoms with Crippen LogP contribution in [0.15, 0.2) is 24.3 Å². The third kappa shape index (κ3) is 1.90. The molecule has 3 heteroatoms. The van der Waals surface area contributed by atoms with Gasteiger partial charge in [-0.2, -0.15) is 0 Å². The zero-order valence-corrected chi connectivity index (χ0v) is 10.2. The van der Waals surface area contributed by atoms with E-state index in [-0.39, 0.29) is 11.2 Å². The molecule has 0 N–H and O–H groups in total. The van der Waals surface area contributed by atoms with Gasteiger partial charge in [0.05, 0.1) is 11.2 Å². The van der Waals surface area contributed by atoms with Crippen molar-refractivity contribution in [3.63, 3.8) is 0 Å². The summed E-state index contributed by atoms with van der Waals surface area (Å²) in [7, 11) is -0.448. The van der Waals surface area contributed by atoms with E-state index >= 15 is 0 Å². The maximum absolute atomic E-state index is 7.35. The van der Waals surface area contributed by atoms with Crippen LogP contribution in [0.3, 0.4) is 0 Å². The summed E-state index contributed by atoms with van der Waals surface area (Å²) >= 11 is 0. The first-order valence-electron chi connectivity index (χ1n) is 6.99. The fraction of sp³-hybridized carbons (Fsp3) is 0.538. The molecule has 1 aromatic rings. The van der Waals surface area contributed by atoms with Crippen LogP contribution in [0.2, 0.25) is 0 Å². The molecule has 2 nitrogen and oxygen atoms in total. The molecule has 0 bridgehead atoms. The van der Waals surface area contributed by atoms with E-state index in [4.69, 9.17) is 13.4 Å². The highest BCUT2D eigenvalue weighted by Crippen LogP contribution is 2.36. The highest BCUT2D eigenvalue weighted by atomic mass is 16.7. The lowest BCUT2D eigenvalue weighted by atomic mass is 9.79. The average molecular weight is 221 g/mol. The van der Waals surface area contributed by atoms with Gasteiger partial charge in [-0.05, 0) is 40.0 Å². The number of aryl methyl sites for hydroxylation is 1. The van der Waals surface area contributed by atoms with Crippen LogP contribution in [0.4, 0.5) is 0 Å². The maximum Gasteiger partial charge on any atom is 0.494 e. The van der Waals surface area contributed by atoms with Crippen molar-refractivity contribution in [3.8, 4) is 0 Å². The summed E-state index contributed by atoms with van der Waals surface area (Å²) < 4.78 is 33.9. The van der Waals surface area contributed by atoms with Crippen molar-refractivity contribution in [2.24, 2.45) is 0 Å². The van der Waals surface area contributed by atoms with Gasteiger partial charge in [-0.15, -0.1) is 0 Å². The summed E-state index contributed by atoms with van der Waals surface area (Å²) in [6, 6.07) is 6.72. The Labute approximate surface area is 102 Å². The molecule has 0 aliphatic carbocycles. The molecule has 86 valence electrons. The fourth-order valence-electron chi connectivity index (χ4n) is 1.62. The predicted molar refractivity (Wildman–Crippen MR) is 66.9 cm³/mol. The summed E-state index contributed by atoms with van der Waals surface area (Å²) in [5.74, 6) is 0. The fourth-order valence-corrected chi connectivity index (χ4v) is 1.62. The molecule has 1 aromatic carbocycles. The SMILES string of the molecule is [2H]C([2H])([2H])c1ccc(B2OC(C)(C)C(C)(C)O2)cc1. The highest BCUT2D eigenvalue weighted by molar-refractivity contribution is 6.62. The van der Waals surface area contributed by atoms with Crippen molar-refractivity contribution >= 4 is 12.6 Å². The van der Waals surface area contributed by atoms with Crippen LogP contribution in [-0.4, -0.2) is 18.3 Å². The average Bonchev–Trinajstić information content (AvgIpc) is 2.47. The molecule has 0 amide bonds. The van der Waals surface area contributed by atoms with Crippen molar-refractivity contribution in [2.45, 2.75) is 45.7 Å². The van der Waals surface area contributed by atoms with E-state index < -0.39 is 14.0 Å². The van der Waals surface area contributed by atoms with Crippen molar-refractivity contribution in [1.82, 2.24) is 0 Å². The Bertz CT molecular complexity index is 450. The first-order chi connectivity index (χ1) is 8.53. The molecule has 16 heavy (non-hydrogen) atoms. The van der Waals surface area contributed by atoms with E-state index in [2.05, 4.69) is 0 Å². The molecule has 0 aromatic heterocycles. The minimum Gasteiger partial charge on any atom is -0.399 e. The van der Waals surface area contributed by atoms with E-state index in [1.165, 1.54) is 0 Å². The van der Waals surface area contributed by atoms with Gasteiger partial charge in [0.1, 0.15) is 0 Å². The van der Waals surface area contributed by atoms with Gasteiger partial charge in [0.15, 0.2) is 0 Å². The van der Waals surface area contributed by atoms with Gasteiger partial charge in [-0.25, -0.2) is 0 Å². The van der Waals surface area contributed by atoms with Crippen LogP contribution in [0.25, 0.3) is 0 Å². The monoisotopic (exact) mass is 221 g/mol. The number of hydrogen-bond donors (Lipinski definition) is 0. The van der Waals surface area contributed by atoms with Crippen molar-refractivity contribution < 1.29 is 13.4 Å². The summed E-state index contributed by atoms with van der Waals surface area (Å²) in [5, 5.41) is 0. The Kier molecular flexibility index (Phi) is 1.88. The second-order valence-electron chi connectivity index (χ2n) is 5.21.